The Morgan fingerprint density at radius 2 is 2.09 bits per heavy atom. The second-order valence-electron chi connectivity index (χ2n) is 5.17. The van der Waals surface area contributed by atoms with Crippen molar-refractivity contribution in [3.05, 3.63) is 44.7 Å². The molecule has 1 heterocycles. The van der Waals surface area contributed by atoms with E-state index in [0.717, 1.165) is 0 Å². The summed E-state index contributed by atoms with van der Waals surface area (Å²) in [5.41, 5.74) is 0.598. The van der Waals surface area contributed by atoms with Gasteiger partial charge in [0.15, 0.2) is 0 Å². The molecule has 0 saturated carbocycles. The van der Waals surface area contributed by atoms with Crippen LogP contribution in [-0.4, -0.2) is 28.0 Å². The number of nitro groups is 1. The predicted molar refractivity (Wildman–Crippen MR) is 87.6 cm³/mol. The predicted octanol–water partition coefficient (Wildman–Crippen LogP) is 1.38. The SMILES string of the molecule is CCNC(=O)C(C)Nc1cc(=O)n(C)c2ccc([N+](=O)[O-])cc12. The maximum Gasteiger partial charge on any atom is 0.270 e. The Bertz CT molecular complexity index is 828. The molecule has 0 aliphatic carbocycles. The number of aryl methyl sites for hydroxylation is 1. The number of carbonyl (C=O) groups is 1. The van der Waals surface area contributed by atoms with Gasteiger partial charge in [-0.2, -0.15) is 0 Å². The lowest BCUT2D eigenvalue weighted by molar-refractivity contribution is -0.384. The first kappa shape index (κ1) is 16.5. The molecule has 0 aliphatic rings. The van der Waals surface area contributed by atoms with Crippen molar-refractivity contribution in [2.24, 2.45) is 7.05 Å². The summed E-state index contributed by atoms with van der Waals surface area (Å²) >= 11 is 0. The number of hydrogen-bond donors (Lipinski definition) is 2. The zero-order valence-electron chi connectivity index (χ0n) is 13.1. The average molecular weight is 318 g/mol. The molecule has 0 saturated heterocycles. The maximum absolute atomic E-state index is 12.0. The summed E-state index contributed by atoms with van der Waals surface area (Å²) in [6, 6.07) is 5.02. The van der Waals surface area contributed by atoms with Gasteiger partial charge in [-0.05, 0) is 19.9 Å². The largest absolute Gasteiger partial charge is 0.373 e. The maximum atomic E-state index is 12.0. The number of hydrogen-bond acceptors (Lipinski definition) is 5. The topological polar surface area (TPSA) is 106 Å². The molecule has 8 nitrogen and oxygen atoms in total. The van der Waals surface area contributed by atoms with Crippen LogP contribution in [0, 0.1) is 10.1 Å². The van der Waals surface area contributed by atoms with E-state index in [1.807, 2.05) is 6.92 Å². The highest BCUT2D eigenvalue weighted by molar-refractivity contribution is 5.95. The molecule has 1 aromatic carbocycles. The van der Waals surface area contributed by atoms with Crippen molar-refractivity contribution in [3.63, 3.8) is 0 Å². The third-order valence-corrected chi connectivity index (χ3v) is 3.56. The highest BCUT2D eigenvalue weighted by atomic mass is 16.6. The molecule has 0 fully saturated rings. The molecular weight excluding hydrogens is 300 g/mol. The summed E-state index contributed by atoms with van der Waals surface area (Å²) < 4.78 is 1.40. The first-order chi connectivity index (χ1) is 10.8. The zero-order valence-corrected chi connectivity index (χ0v) is 13.1. The van der Waals surface area contributed by atoms with E-state index in [4.69, 9.17) is 0 Å². The fraction of sp³-hybridized carbons (Fsp3) is 0.333. The van der Waals surface area contributed by atoms with Gasteiger partial charge in [0.2, 0.25) is 5.91 Å². The summed E-state index contributed by atoms with van der Waals surface area (Å²) in [6.07, 6.45) is 0. The van der Waals surface area contributed by atoms with Crippen molar-refractivity contribution in [2.45, 2.75) is 19.9 Å². The van der Waals surface area contributed by atoms with Gasteiger partial charge in [0.25, 0.3) is 11.2 Å². The molecular formula is C15H18N4O4. The number of pyridine rings is 1. The quantitative estimate of drug-likeness (QED) is 0.640. The number of rotatable bonds is 5. The number of nitrogens with zero attached hydrogens (tertiary/aromatic N) is 2. The number of fused-ring (bicyclic) bond motifs is 1. The monoisotopic (exact) mass is 318 g/mol. The second kappa shape index (κ2) is 6.47. The molecule has 8 heteroatoms. The standard InChI is InChI=1S/C15H18N4O4/c1-4-16-15(21)9(2)17-12-8-14(20)18(3)13-6-5-10(19(22)23)7-11(12)13/h5-9,17H,4H2,1-3H3,(H,16,21). The van der Waals surface area contributed by atoms with E-state index in [2.05, 4.69) is 10.6 Å². The minimum atomic E-state index is -0.579. The van der Waals surface area contributed by atoms with Crippen LogP contribution in [0.4, 0.5) is 11.4 Å². The summed E-state index contributed by atoms with van der Waals surface area (Å²) in [6.45, 7) is 3.96. The number of nitro benzene ring substituents is 1. The highest BCUT2D eigenvalue weighted by Crippen LogP contribution is 2.26. The summed E-state index contributed by atoms with van der Waals surface area (Å²) in [5, 5.41) is 17.1. The van der Waals surface area contributed by atoms with Gasteiger partial charge in [0, 0.05) is 42.9 Å². The molecule has 2 rings (SSSR count). The summed E-state index contributed by atoms with van der Waals surface area (Å²) in [5.74, 6) is -0.216. The van der Waals surface area contributed by atoms with Gasteiger partial charge in [0.05, 0.1) is 10.4 Å². The molecule has 0 spiro atoms. The number of anilines is 1. The Morgan fingerprint density at radius 3 is 2.70 bits per heavy atom. The highest BCUT2D eigenvalue weighted by Gasteiger charge is 2.16. The Morgan fingerprint density at radius 1 is 1.39 bits per heavy atom. The van der Waals surface area contributed by atoms with E-state index in [9.17, 15) is 19.7 Å². The Balaban J connectivity index is 2.55. The molecule has 23 heavy (non-hydrogen) atoms. The van der Waals surface area contributed by atoms with Gasteiger partial charge in [-0.3, -0.25) is 19.7 Å². The van der Waals surface area contributed by atoms with Crippen molar-refractivity contribution < 1.29 is 9.72 Å². The molecule has 1 unspecified atom stereocenters. The molecule has 2 N–H and O–H groups in total. The fourth-order valence-electron chi connectivity index (χ4n) is 2.31. The van der Waals surface area contributed by atoms with E-state index in [0.29, 0.717) is 23.1 Å². The van der Waals surface area contributed by atoms with Gasteiger partial charge >= 0.3 is 0 Å². The van der Waals surface area contributed by atoms with E-state index >= 15 is 0 Å². The fourth-order valence-corrected chi connectivity index (χ4v) is 2.31. The van der Waals surface area contributed by atoms with E-state index < -0.39 is 11.0 Å². The molecule has 1 aromatic heterocycles. The first-order valence-corrected chi connectivity index (χ1v) is 7.17. The van der Waals surface area contributed by atoms with Crippen LogP contribution in [-0.2, 0) is 11.8 Å². The number of non-ortho nitro benzene ring substituents is 1. The van der Waals surface area contributed by atoms with Gasteiger partial charge in [-0.25, -0.2) is 0 Å². The molecule has 122 valence electrons. The molecule has 0 aliphatic heterocycles. The van der Waals surface area contributed by atoms with Crippen molar-refractivity contribution in [2.75, 3.05) is 11.9 Å². The lowest BCUT2D eigenvalue weighted by Crippen LogP contribution is -2.37. The van der Waals surface area contributed by atoms with Gasteiger partial charge in [-0.1, -0.05) is 0 Å². The summed E-state index contributed by atoms with van der Waals surface area (Å²) in [7, 11) is 1.59. The van der Waals surface area contributed by atoms with Crippen LogP contribution >= 0.6 is 0 Å². The Kier molecular flexibility index (Phi) is 4.63. The molecule has 0 bridgehead atoms. The smallest absolute Gasteiger partial charge is 0.270 e. The Hall–Kier alpha value is -2.90. The van der Waals surface area contributed by atoms with E-state index in [1.54, 1.807) is 14.0 Å². The number of carbonyl (C=O) groups excluding carboxylic acids is 1. The van der Waals surface area contributed by atoms with Crippen molar-refractivity contribution >= 4 is 28.2 Å². The van der Waals surface area contributed by atoms with Gasteiger partial charge in [-0.15, -0.1) is 0 Å². The third-order valence-electron chi connectivity index (χ3n) is 3.56. The van der Waals surface area contributed by atoms with Gasteiger partial charge in [0.1, 0.15) is 6.04 Å². The number of amides is 1. The lowest BCUT2D eigenvalue weighted by Gasteiger charge is -2.17. The zero-order chi connectivity index (χ0) is 17.1. The minimum Gasteiger partial charge on any atom is -0.373 e. The van der Waals surface area contributed by atoms with Crippen LogP contribution in [0.5, 0.6) is 0 Å². The average Bonchev–Trinajstić information content (AvgIpc) is 2.51. The van der Waals surface area contributed by atoms with Crippen LogP contribution in [0.3, 0.4) is 0 Å². The number of nitrogens with one attached hydrogen (secondary N) is 2. The van der Waals surface area contributed by atoms with Crippen molar-refractivity contribution in [1.82, 2.24) is 9.88 Å². The molecule has 1 atom stereocenters. The van der Waals surface area contributed by atoms with E-state index in [-0.39, 0.29) is 17.2 Å². The number of aromatic nitrogens is 1. The van der Waals surface area contributed by atoms with Crippen molar-refractivity contribution in [3.8, 4) is 0 Å². The third kappa shape index (κ3) is 3.31. The van der Waals surface area contributed by atoms with Crippen molar-refractivity contribution in [1.29, 1.82) is 0 Å². The van der Waals surface area contributed by atoms with Crippen LogP contribution in [0.2, 0.25) is 0 Å². The van der Waals surface area contributed by atoms with Gasteiger partial charge < -0.3 is 15.2 Å². The number of likely N-dealkylation sites (N-methyl/N-ethyl adjacent to an activating group) is 1. The second-order valence-corrected chi connectivity index (χ2v) is 5.17. The number of benzene rings is 1. The molecule has 0 radical (unpaired) electrons. The first-order valence-electron chi connectivity index (χ1n) is 7.17. The Labute approximate surface area is 132 Å². The lowest BCUT2D eigenvalue weighted by atomic mass is 10.1. The summed E-state index contributed by atoms with van der Waals surface area (Å²) in [4.78, 5) is 34.4. The normalized spacial score (nSPS) is 12.0. The minimum absolute atomic E-state index is 0.0788. The van der Waals surface area contributed by atoms with Crippen LogP contribution in [0.15, 0.2) is 29.1 Å². The van der Waals surface area contributed by atoms with E-state index in [1.165, 1.54) is 28.8 Å². The molecule has 1 amide bonds. The molecule has 2 aromatic rings. The van der Waals surface area contributed by atoms with Crippen LogP contribution in [0.1, 0.15) is 13.8 Å². The van der Waals surface area contributed by atoms with Crippen LogP contribution < -0.4 is 16.2 Å². The van der Waals surface area contributed by atoms with Crippen LogP contribution in [0.25, 0.3) is 10.9 Å².